The quantitative estimate of drug-likeness (QED) is 0.375. The second-order valence-corrected chi connectivity index (χ2v) is 9.99. The number of benzene rings is 3. The zero-order chi connectivity index (χ0) is 28.4. The van der Waals surface area contributed by atoms with Gasteiger partial charge in [0, 0.05) is 40.8 Å². The third-order valence-electron chi connectivity index (χ3n) is 7.41. The van der Waals surface area contributed by atoms with E-state index in [9.17, 15) is 19.5 Å². The van der Waals surface area contributed by atoms with Crippen molar-refractivity contribution in [2.45, 2.75) is 38.2 Å². The summed E-state index contributed by atoms with van der Waals surface area (Å²) in [6.45, 7) is 1.69. The number of dihydropyridines is 1. The smallest absolute Gasteiger partial charge is 0.337 e. The molecule has 2 atom stereocenters. The van der Waals surface area contributed by atoms with Crippen LogP contribution in [-0.4, -0.2) is 29.9 Å². The molecule has 5 rings (SSSR count). The molecule has 1 aliphatic heterocycles. The van der Waals surface area contributed by atoms with Crippen molar-refractivity contribution in [3.05, 3.63) is 118 Å². The van der Waals surface area contributed by atoms with Crippen molar-refractivity contribution in [2.24, 2.45) is 5.73 Å². The lowest BCUT2D eigenvalue weighted by atomic mass is 9.71. The molecule has 1 aliphatic carbocycles. The standard InChI is InChI=1S/C32H30N2O6/c1-18-28(32(38)40-17-19-7-5-9-21(13-19)31(33)37)29(20-8-6-10-23(35)14-20)30-25(34-18)15-22(16-26(30)36)24-11-3-4-12-27(24)39-2/h3-14,22,29,34-35H,15-17H2,1-2H3,(H2,33,37)/t22-,29-/m1/s1. The normalized spacial score (nSPS) is 18.6. The lowest BCUT2D eigenvalue weighted by Crippen LogP contribution is -2.36. The first kappa shape index (κ1) is 26.7. The Morgan fingerprint density at radius 3 is 2.55 bits per heavy atom. The number of nitrogens with one attached hydrogen (secondary N) is 1. The molecule has 0 fully saturated rings. The number of carbonyl (C=O) groups excluding carboxylic acids is 3. The fourth-order valence-electron chi connectivity index (χ4n) is 5.61. The predicted octanol–water partition coefficient (Wildman–Crippen LogP) is 4.60. The van der Waals surface area contributed by atoms with E-state index in [4.69, 9.17) is 15.2 Å². The second kappa shape index (κ2) is 11.1. The van der Waals surface area contributed by atoms with Gasteiger partial charge < -0.3 is 25.6 Å². The van der Waals surface area contributed by atoms with Crippen molar-refractivity contribution in [3.8, 4) is 11.5 Å². The van der Waals surface area contributed by atoms with Crippen LogP contribution in [0.1, 0.15) is 58.6 Å². The molecule has 1 amide bonds. The first-order valence-corrected chi connectivity index (χ1v) is 13.0. The first-order chi connectivity index (χ1) is 19.3. The monoisotopic (exact) mass is 538 g/mol. The minimum Gasteiger partial charge on any atom is -0.508 e. The Bertz CT molecular complexity index is 1570. The van der Waals surface area contributed by atoms with Crippen molar-refractivity contribution in [2.75, 3.05) is 7.11 Å². The molecule has 0 saturated carbocycles. The lowest BCUT2D eigenvalue weighted by Gasteiger charge is -2.37. The molecule has 4 N–H and O–H groups in total. The van der Waals surface area contributed by atoms with Crippen molar-refractivity contribution in [1.82, 2.24) is 5.32 Å². The van der Waals surface area contributed by atoms with Crippen molar-refractivity contribution in [1.29, 1.82) is 0 Å². The van der Waals surface area contributed by atoms with Crippen LogP contribution in [0.4, 0.5) is 0 Å². The number of Topliss-reactive ketones (excluding diaryl/α,β-unsaturated/α-hetero) is 1. The van der Waals surface area contributed by atoms with Crippen LogP contribution in [0.15, 0.2) is 95.3 Å². The molecule has 0 aromatic heterocycles. The SMILES string of the molecule is COc1ccccc1[C@H]1CC(=O)C2=C(C1)NC(C)=C(C(=O)OCc1cccc(C(N)=O)c1)[C@H]2c1cccc(O)c1. The summed E-state index contributed by atoms with van der Waals surface area (Å²) in [5.74, 6) is -1.34. The van der Waals surface area contributed by atoms with Crippen LogP contribution in [0, 0.1) is 0 Å². The number of para-hydroxylation sites is 1. The average Bonchev–Trinajstić information content (AvgIpc) is 2.95. The van der Waals surface area contributed by atoms with Gasteiger partial charge in [0.05, 0.1) is 12.7 Å². The highest BCUT2D eigenvalue weighted by molar-refractivity contribution is 6.04. The Morgan fingerprint density at radius 2 is 1.80 bits per heavy atom. The third kappa shape index (κ3) is 5.20. The first-order valence-electron chi connectivity index (χ1n) is 13.0. The molecule has 0 bridgehead atoms. The van der Waals surface area contributed by atoms with Gasteiger partial charge in [0.25, 0.3) is 0 Å². The van der Waals surface area contributed by atoms with Gasteiger partial charge in [-0.15, -0.1) is 0 Å². The van der Waals surface area contributed by atoms with E-state index in [1.807, 2.05) is 24.3 Å². The lowest BCUT2D eigenvalue weighted by molar-refractivity contribution is -0.140. The number of allylic oxidation sites excluding steroid dienone is 3. The van der Waals surface area contributed by atoms with Gasteiger partial charge in [-0.3, -0.25) is 9.59 Å². The molecule has 40 heavy (non-hydrogen) atoms. The topological polar surface area (TPSA) is 128 Å². The summed E-state index contributed by atoms with van der Waals surface area (Å²) in [7, 11) is 1.61. The third-order valence-corrected chi connectivity index (χ3v) is 7.41. The van der Waals surface area contributed by atoms with Crippen molar-refractivity contribution in [3.63, 3.8) is 0 Å². The summed E-state index contributed by atoms with van der Waals surface area (Å²) in [4.78, 5) is 39.0. The van der Waals surface area contributed by atoms with E-state index < -0.39 is 17.8 Å². The summed E-state index contributed by atoms with van der Waals surface area (Å²) in [6.07, 6.45) is 0.799. The second-order valence-electron chi connectivity index (χ2n) is 9.99. The van der Waals surface area contributed by atoms with Crippen LogP contribution in [0.5, 0.6) is 11.5 Å². The molecule has 0 radical (unpaired) electrons. The molecule has 0 saturated heterocycles. The number of ether oxygens (including phenoxy) is 2. The van der Waals surface area contributed by atoms with Gasteiger partial charge in [0.15, 0.2) is 5.78 Å². The largest absolute Gasteiger partial charge is 0.508 e. The van der Waals surface area contributed by atoms with Gasteiger partial charge in [0.2, 0.25) is 5.91 Å². The predicted molar refractivity (Wildman–Crippen MR) is 148 cm³/mol. The molecule has 3 aromatic carbocycles. The summed E-state index contributed by atoms with van der Waals surface area (Å²) < 4.78 is 11.2. The van der Waals surface area contributed by atoms with Crippen LogP contribution in [-0.2, 0) is 20.9 Å². The van der Waals surface area contributed by atoms with Crippen LogP contribution >= 0.6 is 0 Å². The van der Waals surface area contributed by atoms with Crippen LogP contribution in [0.3, 0.4) is 0 Å². The Labute approximate surface area is 232 Å². The minimum absolute atomic E-state index is 0.0296. The average molecular weight is 539 g/mol. The molecule has 1 heterocycles. The zero-order valence-electron chi connectivity index (χ0n) is 22.3. The molecule has 8 heteroatoms. The fraction of sp³-hybridized carbons (Fsp3) is 0.219. The zero-order valence-corrected chi connectivity index (χ0v) is 22.3. The Morgan fingerprint density at radius 1 is 1.02 bits per heavy atom. The maximum Gasteiger partial charge on any atom is 0.337 e. The number of phenols is 1. The van der Waals surface area contributed by atoms with E-state index in [-0.39, 0.29) is 30.5 Å². The number of rotatable bonds is 7. The summed E-state index contributed by atoms with van der Waals surface area (Å²) in [5.41, 5.74) is 9.95. The number of carbonyl (C=O) groups is 3. The summed E-state index contributed by atoms with van der Waals surface area (Å²) in [5, 5.41) is 13.6. The van der Waals surface area contributed by atoms with E-state index in [1.54, 1.807) is 62.6 Å². The van der Waals surface area contributed by atoms with E-state index in [1.165, 1.54) is 0 Å². The van der Waals surface area contributed by atoms with Gasteiger partial charge >= 0.3 is 5.97 Å². The van der Waals surface area contributed by atoms with Crippen LogP contribution in [0.2, 0.25) is 0 Å². The van der Waals surface area contributed by atoms with Crippen molar-refractivity contribution >= 4 is 17.7 Å². The summed E-state index contributed by atoms with van der Waals surface area (Å²) in [6, 6.07) is 20.8. The number of primary amides is 1. The number of nitrogens with two attached hydrogens (primary N) is 1. The van der Waals surface area contributed by atoms with E-state index in [0.29, 0.717) is 40.0 Å². The molecule has 2 aliphatic rings. The molecule has 204 valence electrons. The van der Waals surface area contributed by atoms with Gasteiger partial charge in [-0.25, -0.2) is 4.79 Å². The van der Waals surface area contributed by atoms with Gasteiger partial charge in [0.1, 0.15) is 18.1 Å². The molecule has 0 spiro atoms. The highest BCUT2D eigenvalue weighted by Crippen LogP contribution is 2.47. The molecule has 0 unspecified atom stereocenters. The Hall–Kier alpha value is -4.85. The molecule has 8 nitrogen and oxygen atoms in total. The number of phenolic OH excluding ortho intramolecular Hbond substituents is 1. The molecule has 3 aromatic rings. The van der Waals surface area contributed by atoms with Crippen molar-refractivity contribution < 1.29 is 29.0 Å². The molecular weight excluding hydrogens is 508 g/mol. The van der Waals surface area contributed by atoms with E-state index in [2.05, 4.69) is 5.32 Å². The van der Waals surface area contributed by atoms with Gasteiger partial charge in [-0.05, 0) is 60.4 Å². The highest BCUT2D eigenvalue weighted by Gasteiger charge is 2.42. The minimum atomic E-state index is -0.723. The number of aromatic hydroxyl groups is 1. The van der Waals surface area contributed by atoms with E-state index in [0.717, 1.165) is 17.0 Å². The number of hydrogen-bond acceptors (Lipinski definition) is 7. The van der Waals surface area contributed by atoms with Crippen LogP contribution < -0.4 is 15.8 Å². The summed E-state index contributed by atoms with van der Waals surface area (Å²) >= 11 is 0. The maximum atomic E-state index is 13.8. The van der Waals surface area contributed by atoms with Gasteiger partial charge in [-0.2, -0.15) is 0 Å². The number of hydrogen-bond donors (Lipinski definition) is 3. The number of ketones is 1. The number of esters is 1. The highest BCUT2D eigenvalue weighted by atomic mass is 16.5. The number of methoxy groups -OCH3 is 1. The van der Waals surface area contributed by atoms with E-state index >= 15 is 0 Å². The fourth-order valence-corrected chi connectivity index (χ4v) is 5.61. The van der Waals surface area contributed by atoms with Crippen LogP contribution in [0.25, 0.3) is 0 Å². The maximum absolute atomic E-state index is 13.8. The Kier molecular flexibility index (Phi) is 7.42. The van der Waals surface area contributed by atoms with Gasteiger partial charge in [-0.1, -0.05) is 42.5 Å². The molecular formula is C32H30N2O6. The Balaban J connectivity index is 1.50. The number of amides is 1.